The summed E-state index contributed by atoms with van der Waals surface area (Å²) in [6.45, 7) is 0.334. The van der Waals surface area contributed by atoms with E-state index in [0.717, 1.165) is 5.56 Å². The average Bonchev–Trinajstić information content (AvgIpc) is 3.02. The molecule has 0 aliphatic carbocycles. The first-order valence-electron chi connectivity index (χ1n) is 8.12. The van der Waals surface area contributed by atoms with Crippen LogP contribution in [0.2, 0.25) is 0 Å². The van der Waals surface area contributed by atoms with E-state index in [1.54, 1.807) is 17.8 Å². The van der Waals surface area contributed by atoms with Gasteiger partial charge in [0.05, 0.1) is 11.9 Å². The number of fused-ring (bicyclic) bond motifs is 1. The molecule has 0 aliphatic rings. The molecule has 7 heteroatoms. The molecule has 0 amide bonds. The van der Waals surface area contributed by atoms with Crippen molar-refractivity contribution >= 4 is 17.0 Å². The molecule has 4 aromatic rings. The highest BCUT2D eigenvalue weighted by molar-refractivity contribution is 5.75. The van der Waals surface area contributed by atoms with Crippen LogP contribution in [0.3, 0.4) is 0 Å². The molecule has 0 aliphatic heterocycles. The Balaban J connectivity index is 1.83. The third-order valence-corrected chi connectivity index (χ3v) is 4.12. The number of hydrogen-bond donors (Lipinski definition) is 1. The molecule has 0 bridgehead atoms. The number of aryl methyl sites for hydroxylation is 1. The fourth-order valence-electron chi connectivity index (χ4n) is 2.84. The smallest absolute Gasteiger partial charge is 0.270 e. The van der Waals surface area contributed by atoms with Crippen LogP contribution in [0.1, 0.15) is 5.56 Å². The predicted octanol–water partition coefficient (Wildman–Crippen LogP) is 2.87. The van der Waals surface area contributed by atoms with Crippen LogP contribution < -0.4 is 10.9 Å². The second-order valence-electron chi connectivity index (χ2n) is 5.90. The van der Waals surface area contributed by atoms with Crippen molar-refractivity contribution in [1.29, 1.82) is 0 Å². The van der Waals surface area contributed by atoms with Gasteiger partial charge in [-0.05, 0) is 29.8 Å². The van der Waals surface area contributed by atoms with Gasteiger partial charge in [0.2, 0.25) is 5.95 Å². The lowest BCUT2D eigenvalue weighted by Gasteiger charge is -2.14. The van der Waals surface area contributed by atoms with Gasteiger partial charge in [0, 0.05) is 13.6 Å². The maximum atomic E-state index is 13.4. The van der Waals surface area contributed by atoms with Crippen LogP contribution in [-0.2, 0) is 13.6 Å². The van der Waals surface area contributed by atoms with Crippen molar-refractivity contribution in [2.45, 2.75) is 6.54 Å². The molecule has 0 saturated heterocycles. The number of nitrogens with zero attached hydrogens (tertiary/aromatic N) is 4. The topological polar surface area (TPSA) is 64.7 Å². The van der Waals surface area contributed by atoms with Crippen LogP contribution in [0.4, 0.5) is 10.3 Å². The van der Waals surface area contributed by atoms with Crippen molar-refractivity contribution in [2.75, 3.05) is 5.32 Å². The Kier molecular flexibility index (Phi) is 3.96. The molecular weight excluding hydrogens is 333 g/mol. The molecule has 2 aromatic carbocycles. The van der Waals surface area contributed by atoms with Gasteiger partial charge in [-0.25, -0.2) is 8.96 Å². The number of benzene rings is 2. The summed E-state index contributed by atoms with van der Waals surface area (Å²) in [6, 6.07) is 15.5. The van der Waals surface area contributed by atoms with Gasteiger partial charge >= 0.3 is 0 Å². The van der Waals surface area contributed by atoms with Crippen molar-refractivity contribution in [1.82, 2.24) is 19.3 Å². The first-order chi connectivity index (χ1) is 12.6. The molecule has 2 aromatic heterocycles. The molecule has 1 N–H and O–H groups in total. The second-order valence-corrected chi connectivity index (χ2v) is 5.90. The highest BCUT2D eigenvalue weighted by Crippen LogP contribution is 2.16. The van der Waals surface area contributed by atoms with E-state index in [9.17, 15) is 9.18 Å². The summed E-state index contributed by atoms with van der Waals surface area (Å²) in [6.07, 6.45) is 1.51. The molecule has 0 saturated carbocycles. The first kappa shape index (κ1) is 16.0. The Bertz CT molecular complexity index is 1130. The van der Waals surface area contributed by atoms with Crippen LogP contribution in [0.5, 0.6) is 0 Å². The van der Waals surface area contributed by atoms with E-state index in [0.29, 0.717) is 29.2 Å². The fourth-order valence-corrected chi connectivity index (χ4v) is 2.84. The molecule has 6 nitrogen and oxygen atoms in total. The van der Waals surface area contributed by atoms with E-state index in [1.807, 2.05) is 36.4 Å². The first-order valence-corrected chi connectivity index (χ1v) is 8.12. The van der Waals surface area contributed by atoms with Crippen LogP contribution in [0, 0.1) is 5.82 Å². The van der Waals surface area contributed by atoms with Gasteiger partial charge in [-0.3, -0.25) is 9.48 Å². The number of hydrogen-bond acceptors (Lipinski definition) is 4. The Morgan fingerprint density at radius 1 is 1.12 bits per heavy atom. The summed E-state index contributed by atoms with van der Waals surface area (Å²) in [5, 5.41) is 7.71. The van der Waals surface area contributed by atoms with Crippen molar-refractivity contribution in [3.8, 4) is 5.69 Å². The lowest BCUT2D eigenvalue weighted by atomic mass is 10.2. The molecule has 0 unspecified atom stereocenters. The van der Waals surface area contributed by atoms with Crippen molar-refractivity contribution < 1.29 is 4.39 Å². The minimum Gasteiger partial charge on any atom is -0.351 e. The van der Waals surface area contributed by atoms with Crippen LogP contribution >= 0.6 is 0 Å². The molecule has 0 spiro atoms. The number of anilines is 1. The van der Waals surface area contributed by atoms with Gasteiger partial charge in [-0.2, -0.15) is 10.1 Å². The third kappa shape index (κ3) is 2.83. The monoisotopic (exact) mass is 349 g/mol. The van der Waals surface area contributed by atoms with E-state index >= 15 is 0 Å². The predicted molar refractivity (Wildman–Crippen MR) is 97.8 cm³/mol. The minimum atomic E-state index is -0.306. The number of halogens is 1. The van der Waals surface area contributed by atoms with Gasteiger partial charge in [0.15, 0.2) is 5.65 Å². The summed E-state index contributed by atoms with van der Waals surface area (Å²) in [5.74, 6) is 0.0707. The quantitative estimate of drug-likeness (QED) is 0.615. The maximum Gasteiger partial charge on any atom is 0.270 e. The Labute approximate surface area is 148 Å². The van der Waals surface area contributed by atoms with Crippen LogP contribution in [-0.4, -0.2) is 19.3 Å². The fraction of sp³-hybridized carbons (Fsp3) is 0.105. The highest BCUT2D eigenvalue weighted by atomic mass is 19.1. The van der Waals surface area contributed by atoms with Crippen molar-refractivity contribution in [2.24, 2.45) is 7.05 Å². The van der Waals surface area contributed by atoms with E-state index in [1.165, 1.54) is 22.9 Å². The van der Waals surface area contributed by atoms with E-state index in [4.69, 9.17) is 0 Å². The molecule has 0 fully saturated rings. The SMILES string of the molecule is Cn1ncc2c(=O)n(-c3ccccc3)c(NCc3cccc(F)c3)nc21. The van der Waals surface area contributed by atoms with Gasteiger partial charge in [0.1, 0.15) is 11.2 Å². The number of aromatic nitrogens is 4. The van der Waals surface area contributed by atoms with E-state index < -0.39 is 0 Å². The molecule has 0 radical (unpaired) electrons. The minimum absolute atomic E-state index is 0.212. The summed E-state index contributed by atoms with van der Waals surface area (Å²) in [5.41, 5.74) is 1.72. The van der Waals surface area contributed by atoms with E-state index in [2.05, 4.69) is 15.4 Å². The molecule has 2 heterocycles. The largest absolute Gasteiger partial charge is 0.351 e. The zero-order valence-corrected chi connectivity index (χ0v) is 14.1. The molecule has 4 rings (SSSR count). The van der Waals surface area contributed by atoms with Crippen LogP contribution in [0.25, 0.3) is 16.7 Å². The van der Waals surface area contributed by atoms with Crippen molar-refractivity contribution in [3.63, 3.8) is 0 Å². The maximum absolute atomic E-state index is 13.4. The number of rotatable bonds is 4. The molecular formula is C19H16FN5O. The summed E-state index contributed by atoms with van der Waals surface area (Å²) in [4.78, 5) is 17.6. The van der Waals surface area contributed by atoms with E-state index in [-0.39, 0.29) is 11.4 Å². The van der Waals surface area contributed by atoms with Gasteiger partial charge in [-0.1, -0.05) is 30.3 Å². The summed E-state index contributed by atoms with van der Waals surface area (Å²) < 4.78 is 16.5. The third-order valence-electron chi connectivity index (χ3n) is 4.12. The van der Waals surface area contributed by atoms with Gasteiger partial charge in [0.25, 0.3) is 5.56 Å². The Morgan fingerprint density at radius 2 is 1.92 bits per heavy atom. The standard InChI is InChI=1S/C19H16FN5O/c1-24-17-16(12-22-24)18(26)25(15-8-3-2-4-9-15)19(23-17)21-11-13-6-5-7-14(20)10-13/h2-10,12H,11H2,1H3,(H,21,23). The van der Waals surface area contributed by atoms with Gasteiger partial charge in [-0.15, -0.1) is 0 Å². The average molecular weight is 349 g/mol. The Hall–Kier alpha value is -3.48. The Morgan fingerprint density at radius 3 is 2.69 bits per heavy atom. The zero-order chi connectivity index (χ0) is 18.1. The normalized spacial score (nSPS) is 11.0. The van der Waals surface area contributed by atoms with Gasteiger partial charge < -0.3 is 5.32 Å². The second kappa shape index (κ2) is 6.44. The lowest BCUT2D eigenvalue weighted by molar-refractivity contribution is 0.626. The molecule has 130 valence electrons. The molecule has 0 atom stereocenters. The lowest BCUT2D eigenvalue weighted by Crippen LogP contribution is -2.23. The number of nitrogens with one attached hydrogen (secondary N) is 1. The molecule has 26 heavy (non-hydrogen) atoms. The summed E-state index contributed by atoms with van der Waals surface area (Å²) >= 11 is 0. The zero-order valence-electron chi connectivity index (χ0n) is 14.1. The number of para-hydroxylation sites is 1. The summed E-state index contributed by atoms with van der Waals surface area (Å²) in [7, 11) is 1.73. The van der Waals surface area contributed by atoms with Crippen LogP contribution in [0.15, 0.2) is 65.6 Å². The van der Waals surface area contributed by atoms with Crippen molar-refractivity contribution in [3.05, 3.63) is 82.5 Å². The highest BCUT2D eigenvalue weighted by Gasteiger charge is 2.15.